The van der Waals surface area contributed by atoms with Crippen molar-refractivity contribution in [2.75, 3.05) is 52.3 Å². The number of aromatic amines is 1. The summed E-state index contributed by atoms with van der Waals surface area (Å²) in [5.41, 5.74) is 2.29. The lowest BCUT2D eigenvalue weighted by Crippen LogP contribution is -2.53. The van der Waals surface area contributed by atoms with Crippen LogP contribution in [0.4, 0.5) is 0 Å². The van der Waals surface area contributed by atoms with Gasteiger partial charge >= 0.3 is 0 Å². The lowest BCUT2D eigenvalue weighted by molar-refractivity contribution is -0.134. The van der Waals surface area contributed by atoms with Gasteiger partial charge < -0.3 is 19.4 Å². The second-order valence-electron chi connectivity index (χ2n) is 10.6. The summed E-state index contributed by atoms with van der Waals surface area (Å²) in [6, 6.07) is 17.5. The van der Waals surface area contributed by atoms with Crippen molar-refractivity contribution in [1.82, 2.24) is 24.8 Å². The normalized spacial score (nSPS) is 20.0. The van der Waals surface area contributed by atoms with Gasteiger partial charge in [0.1, 0.15) is 17.6 Å². The van der Waals surface area contributed by atoms with Crippen LogP contribution in [-0.4, -0.2) is 91.3 Å². The van der Waals surface area contributed by atoms with E-state index in [-0.39, 0.29) is 4.90 Å². The van der Waals surface area contributed by atoms with E-state index in [1.54, 1.807) is 36.4 Å². The third-order valence-electron chi connectivity index (χ3n) is 7.82. The van der Waals surface area contributed by atoms with Crippen LogP contribution >= 0.6 is 0 Å². The number of aromatic nitrogens is 3. The third-order valence-corrected chi connectivity index (χ3v) is 9.44. The maximum atomic E-state index is 13.6. The van der Waals surface area contributed by atoms with Gasteiger partial charge in [-0.15, -0.1) is 0 Å². The van der Waals surface area contributed by atoms with Gasteiger partial charge in [-0.25, -0.2) is 18.4 Å². The van der Waals surface area contributed by atoms with Crippen LogP contribution < -0.4 is 4.74 Å². The SMILES string of the molecule is COc1nc2ccccc2cc1-c1cnc(C2CN(CC3CCOC3)CCN2C(=O)CS(=O)(=O)c2ccccc2)[nH]1. The summed E-state index contributed by atoms with van der Waals surface area (Å²) in [5.74, 6) is 0.461. The van der Waals surface area contributed by atoms with Crippen LogP contribution in [0, 0.1) is 5.92 Å². The van der Waals surface area contributed by atoms with E-state index >= 15 is 0 Å². The number of amides is 1. The molecule has 41 heavy (non-hydrogen) atoms. The Morgan fingerprint density at radius 3 is 2.71 bits per heavy atom. The van der Waals surface area contributed by atoms with Crippen LogP contribution in [0.15, 0.2) is 71.8 Å². The molecule has 0 spiro atoms. The van der Waals surface area contributed by atoms with Crippen molar-refractivity contribution >= 4 is 26.6 Å². The van der Waals surface area contributed by atoms with Gasteiger partial charge in [0.15, 0.2) is 9.84 Å². The summed E-state index contributed by atoms with van der Waals surface area (Å²) >= 11 is 0. The van der Waals surface area contributed by atoms with E-state index in [9.17, 15) is 13.2 Å². The smallest absolute Gasteiger partial charge is 0.238 e. The highest BCUT2D eigenvalue weighted by molar-refractivity contribution is 7.92. The number of piperazine rings is 1. The van der Waals surface area contributed by atoms with E-state index in [4.69, 9.17) is 14.5 Å². The average Bonchev–Trinajstić information content (AvgIpc) is 3.69. The molecular formula is C30H33N5O5S. The largest absolute Gasteiger partial charge is 0.480 e. The number of nitrogens with one attached hydrogen (secondary N) is 1. The molecule has 4 heterocycles. The van der Waals surface area contributed by atoms with Crippen LogP contribution in [-0.2, 0) is 19.4 Å². The number of sulfone groups is 1. The Hall–Kier alpha value is -3.80. The predicted octanol–water partition coefficient (Wildman–Crippen LogP) is 3.33. The number of rotatable bonds is 8. The van der Waals surface area contributed by atoms with Crippen molar-refractivity contribution in [3.63, 3.8) is 0 Å². The zero-order valence-electron chi connectivity index (χ0n) is 22.9. The van der Waals surface area contributed by atoms with Gasteiger partial charge in [0, 0.05) is 38.2 Å². The predicted molar refractivity (Wildman–Crippen MR) is 154 cm³/mol. The number of carbonyl (C=O) groups excluding carboxylic acids is 1. The Labute approximate surface area is 239 Å². The number of para-hydroxylation sites is 1. The van der Waals surface area contributed by atoms with Crippen LogP contribution in [0.25, 0.3) is 22.2 Å². The minimum absolute atomic E-state index is 0.140. The molecule has 0 saturated carbocycles. The Morgan fingerprint density at radius 1 is 1.12 bits per heavy atom. The van der Waals surface area contributed by atoms with Crippen LogP contribution in [0.2, 0.25) is 0 Å². The lowest BCUT2D eigenvalue weighted by Gasteiger charge is -2.41. The van der Waals surface area contributed by atoms with Crippen LogP contribution in [0.5, 0.6) is 5.88 Å². The first-order valence-corrected chi connectivity index (χ1v) is 15.4. The van der Waals surface area contributed by atoms with Gasteiger partial charge in [0.25, 0.3) is 0 Å². The third kappa shape index (κ3) is 5.83. The fraction of sp³-hybridized carbons (Fsp3) is 0.367. The van der Waals surface area contributed by atoms with Crippen molar-refractivity contribution < 1.29 is 22.7 Å². The van der Waals surface area contributed by atoms with E-state index in [0.717, 1.165) is 42.6 Å². The molecule has 2 atom stereocenters. The molecule has 0 aliphatic carbocycles. The summed E-state index contributed by atoms with van der Waals surface area (Å²) in [4.78, 5) is 30.4. The molecule has 2 aromatic carbocycles. The van der Waals surface area contributed by atoms with Crippen molar-refractivity contribution in [3.8, 4) is 17.1 Å². The summed E-state index contributed by atoms with van der Waals surface area (Å²) in [5, 5.41) is 0.963. The summed E-state index contributed by atoms with van der Waals surface area (Å²) < 4.78 is 37.3. The highest BCUT2D eigenvalue weighted by Gasteiger charge is 2.36. The first kappa shape index (κ1) is 27.4. The molecule has 6 rings (SSSR count). The average molecular weight is 576 g/mol. The maximum absolute atomic E-state index is 13.6. The van der Waals surface area contributed by atoms with E-state index in [1.807, 2.05) is 30.3 Å². The second kappa shape index (κ2) is 11.6. The Kier molecular flexibility index (Phi) is 7.74. The minimum Gasteiger partial charge on any atom is -0.480 e. The number of H-pyrrole nitrogens is 1. The number of hydrogen-bond donors (Lipinski definition) is 1. The topological polar surface area (TPSA) is 118 Å². The van der Waals surface area contributed by atoms with Gasteiger partial charge in [-0.05, 0) is 36.6 Å². The van der Waals surface area contributed by atoms with Crippen LogP contribution in [0.3, 0.4) is 0 Å². The molecule has 214 valence electrons. The standard InChI is InChI=1S/C30H33N5O5S/c1-39-30-24(15-22-7-5-6-10-25(22)33-30)26-16-31-29(32-26)27-18-34(17-21-11-14-40-19-21)12-13-35(27)28(36)20-41(37,38)23-8-3-2-4-9-23/h2-10,15-16,21,27H,11-14,17-20H2,1H3,(H,31,32). The molecule has 2 unspecified atom stereocenters. The van der Waals surface area contributed by atoms with E-state index in [1.165, 1.54) is 12.1 Å². The fourth-order valence-corrected chi connectivity index (χ4v) is 6.91. The molecule has 10 nitrogen and oxygen atoms in total. The first-order chi connectivity index (χ1) is 19.9. The summed E-state index contributed by atoms with van der Waals surface area (Å²) in [6.45, 7) is 3.95. The molecule has 0 radical (unpaired) electrons. The number of ether oxygens (including phenoxy) is 2. The zero-order valence-corrected chi connectivity index (χ0v) is 23.7. The number of hydrogen-bond acceptors (Lipinski definition) is 8. The molecule has 2 saturated heterocycles. The van der Waals surface area contributed by atoms with Crippen LogP contribution in [0.1, 0.15) is 18.3 Å². The number of carbonyl (C=O) groups is 1. The van der Waals surface area contributed by atoms with Gasteiger partial charge in [0.05, 0.1) is 41.6 Å². The number of nitrogens with zero attached hydrogens (tertiary/aromatic N) is 4. The van der Waals surface area contributed by atoms with Crippen molar-refractivity contribution in [3.05, 3.63) is 72.7 Å². The monoisotopic (exact) mass is 575 g/mol. The summed E-state index contributed by atoms with van der Waals surface area (Å²) in [7, 11) is -2.21. The number of benzene rings is 2. The Bertz CT molecular complexity index is 1640. The van der Waals surface area contributed by atoms with Crippen molar-refractivity contribution in [2.24, 2.45) is 5.92 Å². The molecule has 4 aromatic rings. The molecule has 2 aliphatic heterocycles. The highest BCUT2D eigenvalue weighted by Crippen LogP contribution is 2.33. The quantitative estimate of drug-likeness (QED) is 0.340. The number of pyridine rings is 1. The molecule has 2 fully saturated rings. The minimum atomic E-state index is -3.79. The Morgan fingerprint density at radius 2 is 1.93 bits per heavy atom. The van der Waals surface area contributed by atoms with E-state index in [2.05, 4.69) is 14.9 Å². The van der Waals surface area contributed by atoms with Gasteiger partial charge in [-0.1, -0.05) is 36.4 Å². The second-order valence-corrected chi connectivity index (χ2v) is 12.6. The van der Waals surface area contributed by atoms with E-state index in [0.29, 0.717) is 43.0 Å². The van der Waals surface area contributed by atoms with Crippen molar-refractivity contribution in [2.45, 2.75) is 17.4 Å². The molecule has 2 aliphatic rings. The van der Waals surface area contributed by atoms with E-state index < -0.39 is 27.5 Å². The summed E-state index contributed by atoms with van der Waals surface area (Å²) in [6.07, 6.45) is 2.73. The number of imidazole rings is 1. The van der Waals surface area contributed by atoms with Gasteiger partial charge in [0.2, 0.25) is 11.8 Å². The van der Waals surface area contributed by atoms with Gasteiger partial charge in [-0.3, -0.25) is 9.69 Å². The van der Waals surface area contributed by atoms with Crippen molar-refractivity contribution in [1.29, 1.82) is 0 Å². The van der Waals surface area contributed by atoms with Gasteiger partial charge in [-0.2, -0.15) is 0 Å². The molecule has 1 amide bonds. The molecule has 2 aromatic heterocycles. The number of fused-ring (bicyclic) bond motifs is 1. The number of methoxy groups -OCH3 is 1. The zero-order chi connectivity index (χ0) is 28.4. The first-order valence-electron chi connectivity index (χ1n) is 13.8. The Balaban J connectivity index is 1.30. The fourth-order valence-electron chi connectivity index (χ4n) is 5.68. The maximum Gasteiger partial charge on any atom is 0.238 e. The lowest BCUT2D eigenvalue weighted by atomic mass is 10.1. The highest BCUT2D eigenvalue weighted by atomic mass is 32.2. The molecular weight excluding hydrogens is 542 g/mol. The molecule has 11 heteroatoms. The molecule has 1 N–H and O–H groups in total. The molecule has 0 bridgehead atoms.